The van der Waals surface area contributed by atoms with Crippen molar-refractivity contribution in [1.82, 2.24) is 5.32 Å². The summed E-state index contributed by atoms with van der Waals surface area (Å²) in [6.45, 7) is 2.53. The van der Waals surface area contributed by atoms with Gasteiger partial charge in [-0.1, -0.05) is 30.3 Å². The fraction of sp³-hybridized carbons (Fsp3) is 0.263. The van der Waals surface area contributed by atoms with Crippen LogP contribution in [0.2, 0.25) is 0 Å². The van der Waals surface area contributed by atoms with Gasteiger partial charge in [-0.2, -0.15) is 0 Å². The summed E-state index contributed by atoms with van der Waals surface area (Å²) in [5.74, 6) is -0.683. The molecule has 3 N–H and O–H groups in total. The molecule has 0 aliphatic carbocycles. The van der Waals surface area contributed by atoms with Crippen molar-refractivity contribution in [2.24, 2.45) is 11.1 Å². The summed E-state index contributed by atoms with van der Waals surface area (Å²) >= 11 is 0. The Labute approximate surface area is 158 Å². The van der Waals surface area contributed by atoms with Crippen LogP contribution in [0.15, 0.2) is 53.4 Å². The van der Waals surface area contributed by atoms with Crippen LogP contribution in [-0.4, -0.2) is 26.8 Å². The molecule has 142 valence electrons. The molecule has 1 fully saturated rings. The number of benzene rings is 2. The number of nitrogens with zero attached hydrogens (tertiary/aromatic N) is 1. The van der Waals surface area contributed by atoms with Gasteiger partial charge in [-0.05, 0) is 36.2 Å². The number of nitrogens with one attached hydrogen (secondary N) is 1. The van der Waals surface area contributed by atoms with Crippen molar-refractivity contribution in [2.45, 2.75) is 24.8 Å². The molecule has 1 aliphatic heterocycles. The first-order chi connectivity index (χ1) is 12.8. The average molecular weight is 387 g/mol. The van der Waals surface area contributed by atoms with E-state index in [2.05, 4.69) is 5.32 Å². The predicted molar refractivity (Wildman–Crippen MR) is 101 cm³/mol. The molecule has 0 spiro atoms. The molecule has 1 aliphatic rings. The summed E-state index contributed by atoms with van der Waals surface area (Å²) in [5.41, 5.74) is 2.56. The molecule has 27 heavy (non-hydrogen) atoms. The van der Waals surface area contributed by atoms with Gasteiger partial charge in [-0.15, -0.1) is 0 Å². The molecule has 0 radical (unpaired) electrons. The maximum Gasteiger partial charge on any atom is 0.238 e. The van der Waals surface area contributed by atoms with Crippen LogP contribution in [0.3, 0.4) is 0 Å². The van der Waals surface area contributed by atoms with Crippen molar-refractivity contribution in [2.75, 3.05) is 11.4 Å². The van der Waals surface area contributed by atoms with Gasteiger partial charge in [-0.25, -0.2) is 13.6 Å². The van der Waals surface area contributed by atoms with E-state index in [0.717, 1.165) is 16.8 Å². The first kappa shape index (κ1) is 19.1. The number of anilines is 1. The fourth-order valence-corrected chi connectivity index (χ4v) is 3.63. The molecule has 0 aromatic heterocycles. The molecule has 0 saturated carbocycles. The lowest BCUT2D eigenvalue weighted by Gasteiger charge is -2.19. The van der Waals surface area contributed by atoms with E-state index in [4.69, 9.17) is 5.14 Å². The molecule has 2 aromatic carbocycles. The molecule has 2 aromatic rings. The number of amides is 2. The van der Waals surface area contributed by atoms with E-state index in [0.29, 0.717) is 6.54 Å². The topological polar surface area (TPSA) is 110 Å². The van der Waals surface area contributed by atoms with E-state index < -0.39 is 15.9 Å². The smallest absolute Gasteiger partial charge is 0.238 e. The normalized spacial score (nSPS) is 17.2. The van der Waals surface area contributed by atoms with Crippen LogP contribution in [0.5, 0.6) is 0 Å². The summed E-state index contributed by atoms with van der Waals surface area (Å²) in [5, 5.41) is 7.87. The molecular formula is C19H21N3O4S. The predicted octanol–water partition coefficient (Wildman–Crippen LogP) is 1.31. The number of hydrogen-bond donors (Lipinski definition) is 2. The molecule has 0 bridgehead atoms. The van der Waals surface area contributed by atoms with Crippen LogP contribution in [0.25, 0.3) is 0 Å². The lowest BCUT2D eigenvalue weighted by atomic mass is 10.1. The van der Waals surface area contributed by atoms with Crippen molar-refractivity contribution in [3.8, 4) is 0 Å². The molecular weight excluding hydrogens is 366 g/mol. The highest BCUT2D eigenvalue weighted by atomic mass is 32.2. The molecule has 2 amide bonds. The van der Waals surface area contributed by atoms with Crippen LogP contribution in [0, 0.1) is 12.8 Å². The Hall–Kier alpha value is -2.71. The zero-order chi connectivity index (χ0) is 19.6. The number of hydrogen-bond acceptors (Lipinski definition) is 4. The molecule has 3 rings (SSSR count). The quantitative estimate of drug-likeness (QED) is 0.806. The molecule has 1 heterocycles. The Morgan fingerprint density at radius 3 is 2.48 bits per heavy atom. The highest BCUT2D eigenvalue weighted by Gasteiger charge is 2.35. The van der Waals surface area contributed by atoms with Gasteiger partial charge in [0, 0.05) is 25.2 Å². The molecule has 8 heteroatoms. The van der Waals surface area contributed by atoms with Crippen molar-refractivity contribution in [1.29, 1.82) is 0 Å². The monoisotopic (exact) mass is 387 g/mol. The van der Waals surface area contributed by atoms with Gasteiger partial charge in [0.25, 0.3) is 0 Å². The lowest BCUT2D eigenvalue weighted by Crippen LogP contribution is -2.32. The number of primary sulfonamides is 1. The van der Waals surface area contributed by atoms with Crippen LogP contribution >= 0.6 is 0 Å². The molecule has 1 saturated heterocycles. The van der Waals surface area contributed by atoms with E-state index in [9.17, 15) is 18.0 Å². The Kier molecular flexibility index (Phi) is 5.29. The lowest BCUT2D eigenvalue weighted by molar-refractivity contribution is -0.126. The second-order valence-electron chi connectivity index (χ2n) is 6.60. The van der Waals surface area contributed by atoms with Crippen LogP contribution in [0.1, 0.15) is 17.5 Å². The van der Waals surface area contributed by atoms with Crippen molar-refractivity contribution >= 4 is 27.5 Å². The van der Waals surface area contributed by atoms with E-state index in [1.54, 1.807) is 17.0 Å². The summed E-state index contributed by atoms with van der Waals surface area (Å²) in [4.78, 5) is 26.4. The summed E-state index contributed by atoms with van der Waals surface area (Å²) < 4.78 is 22.5. The number of carbonyl (C=O) groups is 2. The summed E-state index contributed by atoms with van der Waals surface area (Å²) in [6, 6.07) is 13.6. The average Bonchev–Trinajstić information content (AvgIpc) is 3.01. The van der Waals surface area contributed by atoms with Crippen LogP contribution in [0.4, 0.5) is 5.69 Å². The largest absolute Gasteiger partial charge is 0.352 e. The van der Waals surface area contributed by atoms with Gasteiger partial charge in [0.05, 0.1) is 10.8 Å². The van der Waals surface area contributed by atoms with E-state index >= 15 is 0 Å². The Balaban J connectivity index is 1.61. The highest BCUT2D eigenvalue weighted by molar-refractivity contribution is 7.89. The Morgan fingerprint density at radius 1 is 1.19 bits per heavy atom. The van der Waals surface area contributed by atoms with E-state index in [1.165, 1.54) is 12.1 Å². The minimum Gasteiger partial charge on any atom is -0.352 e. The number of sulfonamides is 1. The molecule has 7 nitrogen and oxygen atoms in total. The third-order valence-corrected chi connectivity index (χ3v) is 5.55. The second-order valence-corrected chi connectivity index (χ2v) is 8.16. The number of carbonyl (C=O) groups excluding carboxylic acids is 2. The van der Waals surface area contributed by atoms with Gasteiger partial charge in [0.1, 0.15) is 0 Å². The fourth-order valence-electron chi connectivity index (χ4n) is 3.11. The van der Waals surface area contributed by atoms with E-state index in [1.807, 2.05) is 31.2 Å². The number of nitrogens with two attached hydrogens (primary N) is 1. The Morgan fingerprint density at radius 2 is 1.85 bits per heavy atom. The van der Waals surface area contributed by atoms with E-state index in [-0.39, 0.29) is 29.7 Å². The third kappa shape index (κ3) is 4.35. The summed E-state index contributed by atoms with van der Waals surface area (Å²) in [7, 11) is -3.74. The second kappa shape index (κ2) is 7.50. The maximum atomic E-state index is 12.4. The minimum atomic E-state index is -3.74. The SMILES string of the molecule is Cc1ccccc1N1CC(C(=O)NCc2ccc(S(N)(=O)=O)cc2)CC1=O. The van der Waals surface area contributed by atoms with Crippen LogP contribution in [-0.2, 0) is 26.2 Å². The first-order valence-corrected chi connectivity index (χ1v) is 10.1. The molecule has 1 unspecified atom stereocenters. The van der Waals surface area contributed by atoms with Gasteiger partial charge in [0.15, 0.2) is 0 Å². The van der Waals surface area contributed by atoms with Crippen LogP contribution < -0.4 is 15.4 Å². The van der Waals surface area contributed by atoms with Gasteiger partial charge < -0.3 is 10.2 Å². The van der Waals surface area contributed by atoms with Gasteiger partial charge >= 0.3 is 0 Å². The summed E-state index contributed by atoms with van der Waals surface area (Å²) in [6.07, 6.45) is 0.171. The number of para-hydroxylation sites is 1. The molecule has 1 atom stereocenters. The number of rotatable bonds is 5. The first-order valence-electron chi connectivity index (χ1n) is 8.51. The highest BCUT2D eigenvalue weighted by Crippen LogP contribution is 2.27. The van der Waals surface area contributed by atoms with Crippen molar-refractivity contribution < 1.29 is 18.0 Å². The zero-order valence-electron chi connectivity index (χ0n) is 14.9. The zero-order valence-corrected chi connectivity index (χ0v) is 15.7. The van der Waals surface area contributed by atoms with Gasteiger partial charge in [-0.3, -0.25) is 9.59 Å². The Bertz CT molecular complexity index is 971. The maximum absolute atomic E-state index is 12.4. The van der Waals surface area contributed by atoms with Crippen molar-refractivity contribution in [3.63, 3.8) is 0 Å². The van der Waals surface area contributed by atoms with Crippen molar-refractivity contribution in [3.05, 3.63) is 59.7 Å². The third-order valence-electron chi connectivity index (χ3n) is 4.62. The van der Waals surface area contributed by atoms with Gasteiger partial charge in [0.2, 0.25) is 21.8 Å². The number of aryl methyl sites for hydroxylation is 1. The minimum absolute atomic E-state index is 0.0211. The standard InChI is InChI=1S/C19H21N3O4S/c1-13-4-2-3-5-17(13)22-12-15(10-18(22)23)19(24)21-11-14-6-8-16(9-7-14)27(20,25)26/h2-9,15H,10-12H2,1H3,(H,21,24)(H2,20,25,26).